The van der Waals surface area contributed by atoms with Gasteiger partial charge in [0.1, 0.15) is 0 Å². The van der Waals surface area contributed by atoms with Crippen LogP contribution in [0.3, 0.4) is 0 Å². The maximum atomic E-state index is 12.3. The van der Waals surface area contributed by atoms with Crippen LogP contribution in [0.25, 0.3) is 6.08 Å². The van der Waals surface area contributed by atoms with Crippen LogP contribution in [0.4, 0.5) is 0 Å². The Balaban J connectivity index is 2.37. The van der Waals surface area contributed by atoms with Gasteiger partial charge < -0.3 is 15.4 Å². The first-order valence-corrected chi connectivity index (χ1v) is 7.62. The molecule has 2 N–H and O–H groups in total. The highest BCUT2D eigenvalue weighted by molar-refractivity contribution is 7.80. The maximum Gasteiger partial charge on any atom is 0.338 e. The molecule has 1 aliphatic heterocycles. The number of hydrogen-bond acceptors (Lipinski definition) is 3. The Kier molecular flexibility index (Phi) is 5.33. The lowest BCUT2D eigenvalue weighted by Crippen LogP contribution is -2.50. The fourth-order valence-corrected chi connectivity index (χ4v) is 2.68. The largest absolute Gasteiger partial charge is 0.463 e. The number of ether oxygens (including phenoxy) is 1. The fraction of sp³-hybridized carbons (Fsp3) is 0.294. The van der Waals surface area contributed by atoms with Gasteiger partial charge in [-0.1, -0.05) is 36.4 Å². The van der Waals surface area contributed by atoms with E-state index in [4.69, 9.17) is 17.0 Å². The van der Waals surface area contributed by atoms with Gasteiger partial charge in [0.25, 0.3) is 0 Å². The summed E-state index contributed by atoms with van der Waals surface area (Å²) in [6, 6.07) is 9.68. The Morgan fingerprint density at radius 1 is 1.36 bits per heavy atom. The molecule has 0 aliphatic carbocycles. The molecule has 1 atom stereocenters. The highest BCUT2D eigenvalue weighted by Gasteiger charge is 2.30. The van der Waals surface area contributed by atoms with Crippen LogP contribution in [0.15, 0.2) is 47.2 Å². The zero-order valence-electron chi connectivity index (χ0n) is 13.0. The van der Waals surface area contributed by atoms with Crippen molar-refractivity contribution in [2.24, 2.45) is 0 Å². The van der Waals surface area contributed by atoms with Gasteiger partial charge in [0.2, 0.25) is 0 Å². The normalized spacial score (nSPS) is 18.6. The van der Waals surface area contributed by atoms with E-state index in [0.29, 0.717) is 17.3 Å². The molecular formula is C17H20N2O2S. The quantitative estimate of drug-likeness (QED) is 0.661. The summed E-state index contributed by atoms with van der Waals surface area (Å²) in [5, 5.41) is 6.65. The zero-order valence-corrected chi connectivity index (χ0v) is 13.8. The molecule has 0 fully saturated rings. The van der Waals surface area contributed by atoms with Crippen molar-refractivity contribution >= 4 is 29.4 Å². The lowest BCUT2D eigenvalue weighted by Gasteiger charge is -2.30. The number of benzene rings is 1. The molecule has 0 spiro atoms. The smallest absolute Gasteiger partial charge is 0.338 e. The Hall–Kier alpha value is -2.14. The van der Waals surface area contributed by atoms with Gasteiger partial charge in [0, 0.05) is 5.70 Å². The molecule has 1 unspecified atom stereocenters. The van der Waals surface area contributed by atoms with Gasteiger partial charge in [-0.15, -0.1) is 0 Å². The Bertz CT molecular complexity index is 635. The molecule has 116 valence electrons. The molecule has 0 saturated heterocycles. The summed E-state index contributed by atoms with van der Waals surface area (Å²) in [5.74, 6) is -0.326. The predicted octanol–water partition coefficient (Wildman–Crippen LogP) is 2.77. The minimum absolute atomic E-state index is 0.284. The molecule has 1 aromatic carbocycles. The van der Waals surface area contributed by atoms with Crippen molar-refractivity contribution in [2.45, 2.75) is 26.8 Å². The van der Waals surface area contributed by atoms with Gasteiger partial charge >= 0.3 is 5.97 Å². The number of hydrogen-bond donors (Lipinski definition) is 2. The first-order chi connectivity index (χ1) is 10.5. The van der Waals surface area contributed by atoms with Crippen molar-refractivity contribution in [2.75, 3.05) is 6.61 Å². The highest BCUT2D eigenvalue weighted by Crippen LogP contribution is 2.21. The highest BCUT2D eigenvalue weighted by atomic mass is 32.1. The second-order valence-electron chi connectivity index (χ2n) is 5.09. The van der Waals surface area contributed by atoms with Crippen molar-refractivity contribution in [3.63, 3.8) is 0 Å². The third kappa shape index (κ3) is 3.74. The predicted molar refractivity (Wildman–Crippen MR) is 92.1 cm³/mol. The molecule has 1 heterocycles. The molecule has 0 aromatic heterocycles. The van der Waals surface area contributed by atoms with Crippen LogP contribution in [0.1, 0.15) is 26.3 Å². The van der Waals surface area contributed by atoms with Crippen LogP contribution in [-0.4, -0.2) is 23.7 Å². The number of thiocarbonyl (C=S) groups is 1. The summed E-state index contributed by atoms with van der Waals surface area (Å²) >= 11 is 5.21. The van der Waals surface area contributed by atoms with Crippen LogP contribution < -0.4 is 10.6 Å². The number of nitrogens with one attached hydrogen (secondary N) is 2. The summed E-state index contributed by atoms with van der Waals surface area (Å²) in [6.07, 6.45) is 2.04. The number of rotatable bonds is 4. The number of allylic oxidation sites excluding steroid dienone is 1. The molecule has 1 aromatic rings. The molecule has 5 heteroatoms. The first-order valence-electron chi connectivity index (χ1n) is 7.21. The van der Waals surface area contributed by atoms with E-state index in [1.54, 1.807) is 6.92 Å². The first kappa shape index (κ1) is 16.2. The molecule has 4 nitrogen and oxygen atoms in total. The lowest BCUT2D eigenvalue weighted by molar-refractivity contribution is -0.138. The van der Waals surface area contributed by atoms with Crippen LogP contribution >= 0.6 is 12.2 Å². The zero-order chi connectivity index (χ0) is 16.1. The Labute approximate surface area is 136 Å². The molecule has 0 radical (unpaired) electrons. The van der Waals surface area contributed by atoms with Crippen LogP contribution in [0.2, 0.25) is 0 Å². The van der Waals surface area contributed by atoms with E-state index < -0.39 is 0 Å². The van der Waals surface area contributed by atoms with E-state index in [1.165, 1.54) is 0 Å². The molecule has 22 heavy (non-hydrogen) atoms. The summed E-state index contributed by atoms with van der Waals surface area (Å²) < 4.78 is 5.17. The number of carbonyl (C=O) groups is 1. The van der Waals surface area contributed by atoms with Crippen LogP contribution in [-0.2, 0) is 9.53 Å². The maximum absolute atomic E-state index is 12.3. The van der Waals surface area contributed by atoms with Gasteiger partial charge in [0.05, 0.1) is 18.2 Å². The molecule has 0 amide bonds. The van der Waals surface area contributed by atoms with Crippen molar-refractivity contribution in [3.05, 3.63) is 52.7 Å². The third-order valence-electron chi connectivity index (χ3n) is 3.41. The minimum atomic E-state index is -0.326. The van der Waals surface area contributed by atoms with Crippen molar-refractivity contribution < 1.29 is 9.53 Å². The lowest BCUT2D eigenvalue weighted by atomic mass is 9.95. The molecule has 0 saturated carbocycles. The van der Waals surface area contributed by atoms with Gasteiger partial charge in [-0.05, 0) is 44.1 Å². The molecule has 1 aliphatic rings. The number of carbonyl (C=O) groups excluding carboxylic acids is 1. The Morgan fingerprint density at radius 3 is 2.68 bits per heavy atom. The molecule has 0 bridgehead atoms. The summed E-state index contributed by atoms with van der Waals surface area (Å²) in [6.45, 7) is 5.95. The van der Waals surface area contributed by atoms with E-state index >= 15 is 0 Å². The van der Waals surface area contributed by atoms with Crippen molar-refractivity contribution in [3.8, 4) is 0 Å². The van der Waals surface area contributed by atoms with Crippen LogP contribution in [0, 0.1) is 0 Å². The van der Waals surface area contributed by atoms with Crippen molar-refractivity contribution in [1.29, 1.82) is 0 Å². The van der Waals surface area contributed by atoms with Gasteiger partial charge in [-0.25, -0.2) is 4.79 Å². The minimum Gasteiger partial charge on any atom is -0.463 e. The Morgan fingerprint density at radius 2 is 2.05 bits per heavy atom. The van der Waals surface area contributed by atoms with E-state index in [2.05, 4.69) is 10.6 Å². The number of esters is 1. The van der Waals surface area contributed by atoms with Gasteiger partial charge in [0.15, 0.2) is 5.11 Å². The van der Waals surface area contributed by atoms with E-state index in [0.717, 1.165) is 16.8 Å². The average molecular weight is 316 g/mol. The second kappa shape index (κ2) is 7.22. The van der Waals surface area contributed by atoms with E-state index in [-0.39, 0.29) is 12.0 Å². The topological polar surface area (TPSA) is 50.4 Å². The monoisotopic (exact) mass is 316 g/mol. The van der Waals surface area contributed by atoms with Gasteiger partial charge in [-0.3, -0.25) is 0 Å². The standard InChI is InChI=1S/C17H20N2O2S/c1-4-21-16(20)14-12(3)18-17(22)19-15(14)11(2)10-13-8-6-5-7-9-13/h5-10,15H,4H2,1-3H3,(H2,18,19,22). The van der Waals surface area contributed by atoms with Crippen LogP contribution in [0.5, 0.6) is 0 Å². The summed E-state index contributed by atoms with van der Waals surface area (Å²) in [4.78, 5) is 12.3. The van der Waals surface area contributed by atoms with E-state index in [9.17, 15) is 4.79 Å². The summed E-state index contributed by atoms with van der Waals surface area (Å²) in [7, 11) is 0. The fourth-order valence-electron chi connectivity index (χ4n) is 2.41. The SMILES string of the molecule is CCOC(=O)C1=C(C)NC(=S)NC1C(C)=Cc1ccccc1. The third-order valence-corrected chi connectivity index (χ3v) is 3.63. The average Bonchev–Trinajstić information content (AvgIpc) is 2.47. The molecule has 2 rings (SSSR count). The molecular weight excluding hydrogens is 296 g/mol. The van der Waals surface area contributed by atoms with E-state index in [1.807, 2.05) is 50.3 Å². The van der Waals surface area contributed by atoms with Gasteiger partial charge in [-0.2, -0.15) is 0 Å². The van der Waals surface area contributed by atoms with Crippen molar-refractivity contribution in [1.82, 2.24) is 10.6 Å². The second-order valence-corrected chi connectivity index (χ2v) is 5.50. The summed E-state index contributed by atoms with van der Waals surface area (Å²) in [5.41, 5.74) is 3.37.